The highest BCUT2D eigenvalue weighted by atomic mass is 32.2. The van der Waals surface area contributed by atoms with Crippen LogP contribution in [0.1, 0.15) is 20.7 Å². The number of nitrogens with one attached hydrogen (secondary N) is 1. The average Bonchev–Trinajstić information content (AvgIpc) is 3.26. The van der Waals surface area contributed by atoms with Gasteiger partial charge in [-0.1, -0.05) is 17.8 Å². The lowest BCUT2D eigenvalue weighted by molar-refractivity contribution is 0.0583. The van der Waals surface area contributed by atoms with Crippen molar-refractivity contribution in [2.75, 3.05) is 25.2 Å². The largest absolute Gasteiger partial charge is 0.465 e. The van der Waals surface area contributed by atoms with Gasteiger partial charge in [0, 0.05) is 0 Å². The molecular weight excluding hydrogens is 444 g/mol. The molecule has 0 atom stereocenters. The van der Waals surface area contributed by atoms with Crippen LogP contribution in [0.4, 0.5) is 5.69 Å². The molecule has 3 aromatic rings. The third-order valence-electron chi connectivity index (χ3n) is 4.17. The number of esters is 2. The van der Waals surface area contributed by atoms with Gasteiger partial charge >= 0.3 is 11.9 Å². The molecule has 0 amide bonds. The van der Waals surface area contributed by atoms with Gasteiger partial charge in [0.15, 0.2) is 5.16 Å². The van der Waals surface area contributed by atoms with Crippen molar-refractivity contribution < 1.29 is 27.5 Å². The van der Waals surface area contributed by atoms with Gasteiger partial charge < -0.3 is 9.47 Å². The maximum Gasteiger partial charge on any atom is 0.339 e. The summed E-state index contributed by atoms with van der Waals surface area (Å²) >= 11 is 1.38. The van der Waals surface area contributed by atoms with Gasteiger partial charge in [0.25, 0.3) is 10.0 Å². The minimum absolute atomic E-state index is 0.0293. The quantitative estimate of drug-likeness (QED) is 0.415. The summed E-state index contributed by atoms with van der Waals surface area (Å²) in [6.07, 6.45) is 3.35. The van der Waals surface area contributed by atoms with E-state index >= 15 is 0 Å². The number of methoxy groups -OCH3 is 2. The molecule has 0 unspecified atom stereocenters. The Bertz CT molecular complexity index is 1240. The molecule has 0 saturated carbocycles. The van der Waals surface area contributed by atoms with Crippen LogP contribution in [0.25, 0.3) is 5.69 Å². The number of hydrogen-bond donors (Lipinski definition) is 1. The molecule has 0 saturated heterocycles. The second kappa shape index (κ2) is 9.18. The molecule has 31 heavy (non-hydrogen) atoms. The number of anilines is 1. The number of ether oxygens (including phenoxy) is 2. The van der Waals surface area contributed by atoms with Crippen LogP contribution in [0.15, 0.2) is 58.8 Å². The molecule has 0 radical (unpaired) electrons. The molecule has 0 bridgehead atoms. The third kappa shape index (κ3) is 4.70. The van der Waals surface area contributed by atoms with Gasteiger partial charge in [0.05, 0.1) is 36.7 Å². The number of benzene rings is 2. The maximum absolute atomic E-state index is 13.1. The van der Waals surface area contributed by atoms with E-state index in [4.69, 9.17) is 0 Å². The van der Waals surface area contributed by atoms with Gasteiger partial charge in [-0.25, -0.2) is 18.0 Å². The van der Waals surface area contributed by atoms with Gasteiger partial charge in [0.1, 0.15) is 11.2 Å². The van der Waals surface area contributed by atoms with Crippen LogP contribution in [0.3, 0.4) is 0 Å². The Morgan fingerprint density at radius 3 is 2.48 bits per heavy atom. The van der Waals surface area contributed by atoms with Gasteiger partial charge in [0.2, 0.25) is 0 Å². The van der Waals surface area contributed by atoms with E-state index in [0.717, 1.165) is 13.2 Å². The Kier molecular flexibility index (Phi) is 6.61. The summed E-state index contributed by atoms with van der Waals surface area (Å²) in [5, 5.41) is 8.46. The second-order valence-corrected chi connectivity index (χ2v) is 8.46. The summed E-state index contributed by atoms with van der Waals surface area (Å²) in [4.78, 5) is 23.6. The molecule has 12 heteroatoms. The summed E-state index contributed by atoms with van der Waals surface area (Å²) in [6.45, 7) is 0. The highest BCUT2D eigenvalue weighted by Crippen LogP contribution is 2.25. The standard InChI is InChI=1S/C19H18N4O6S2/c1-28-17(24)12-7-8-15(18(25)29-2)16(9-12)31(26,27)22-13-5-4-6-14(10-13)23-11-20-21-19(23)30-3/h4-11,22H,1-3H3. The van der Waals surface area contributed by atoms with Crippen molar-refractivity contribution >= 4 is 39.4 Å². The Balaban J connectivity index is 2.03. The van der Waals surface area contributed by atoms with Gasteiger partial charge in [-0.3, -0.25) is 9.29 Å². The first kappa shape index (κ1) is 22.3. The molecular formula is C19H18N4O6S2. The van der Waals surface area contributed by atoms with Crippen LogP contribution in [0, 0.1) is 0 Å². The van der Waals surface area contributed by atoms with Crippen LogP contribution in [0.2, 0.25) is 0 Å². The summed E-state index contributed by atoms with van der Waals surface area (Å²) in [5.74, 6) is -1.60. The first-order valence-corrected chi connectivity index (χ1v) is 11.4. The second-order valence-electron chi connectivity index (χ2n) is 6.04. The van der Waals surface area contributed by atoms with E-state index in [1.807, 2.05) is 6.26 Å². The van der Waals surface area contributed by atoms with Crippen molar-refractivity contribution in [1.82, 2.24) is 14.8 Å². The van der Waals surface area contributed by atoms with E-state index in [1.54, 1.807) is 28.8 Å². The number of nitrogens with zero attached hydrogens (tertiary/aromatic N) is 3. The van der Waals surface area contributed by atoms with Crippen LogP contribution in [-0.2, 0) is 19.5 Å². The number of thioether (sulfide) groups is 1. The van der Waals surface area contributed by atoms with Crippen molar-refractivity contribution in [1.29, 1.82) is 0 Å². The van der Waals surface area contributed by atoms with E-state index in [9.17, 15) is 18.0 Å². The molecule has 162 valence electrons. The monoisotopic (exact) mass is 462 g/mol. The molecule has 0 spiro atoms. The number of aromatic nitrogens is 3. The van der Waals surface area contributed by atoms with Gasteiger partial charge in [-0.15, -0.1) is 10.2 Å². The minimum atomic E-state index is -4.27. The summed E-state index contributed by atoms with van der Waals surface area (Å²) < 4.78 is 39.7. The van der Waals surface area contributed by atoms with Crippen molar-refractivity contribution in [2.45, 2.75) is 10.1 Å². The van der Waals surface area contributed by atoms with Crippen molar-refractivity contribution in [3.8, 4) is 5.69 Å². The minimum Gasteiger partial charge on any atom is -0.465 e. The fourth-order valence-electron chi connectivity index (χ4n) is 2.74. The molecule has 1 aromatic heterocycles. The molecule has 10 nitrogen and oxygen atoms in total. The lowest BCUT2D eigenvalue weighted by Gasteiger charge is -2.13. The van der Waals surface area contributed by atoms with Crippen molar-refractivity contribution in [3.05, 3.63) is 59.9 Å². The number of hydrogen-bond acceptors (Lipinski definition) is 9. The van der Waals surface area contributed by atoms with Crippen LogP contribution in [-0.4, -0.2) is 55.6 Å². The SMILES string of the molecule is COC(=O)c1ccc(C(=O)OC)c(S(=O)(=O)Nc2cccc(-n3cnnc3SC)c2)c1. The molecule has 0 fully saturated rings. The Hall–Kier alpha value is -3.38. The number of carbonyl (C=O) groups is 2. The van der Waals surface area contributed by atoms with E-state index in [1.165, 1.54) is 37.3 Å². The Morgan fingerprint density at radius 1 is 1.06 bits per heavy atom. The van der Waals surface area contributed by atoms with E-state index in [-0.39, 0.29) is 16.8 Å². The molecule has 2 aromatic carbocycles. The third-order valence-corrected chi connectivity index (χ3v) is 6.24. The number of sulfonamides is 1. The Labute approximate surface area is 182 Å². The van der Waals surface area contributed by atoms with Crippen molar-refractivity contribution in [3.63, 3.8) is 0 Å². The van der Waals surface area contributed by atoms with E-state index < -0.39 is 26.9 Å². The maximum atomic E-state index is 13.1. The van der Waals surface area contributed by atoms with Crippen LogP contribution >= 0.6 is 11.8 Å². The molecule has 1 heterocycles. The highest BCUT2D eigenvalue weighted by molar-refractivity contribution is 7.98. The van der Waals surface area contributed by atoms with Crippen LogP contribution in [0.5, 0.6) is 0 Å². The molecule has 0 aliphatic heterocycles. The fraction of sp³-hybridized carbons (Fsp3) is 0.158. The summed E-state index contributed by atoms with van der Waals surface area (Å²) in [6, 6.07) is 10.1. The predicted octanol–water partition coefficient (Wildman–Crippen LogP) is 2.36. The van der Waals surface area contributed by atoms with E-state index in [2.05, 4.69) is 24.4 Å². The summed E-state index contributed by atoms with van der Waals surface area (Å²) in [5.41, 5.74) is 0.615. The molecule has 1 N–H and O–H groups in total. The molecule has 0 aliphatic carbocycles. The smallest absolute Gasteiger partial charge is 0.339 e. The normalized spacial score (nSPS) is 11.1. The topological polar surface area (TPSA) is 129 Å². The highest BCUT2D eigenvalue weighted by Gasteiger charge is 2.25. The number of rotatable bonds is 7. The fourth-order valence-corrected chi connectivity index (χ4v) is 4.49. The van der Waals surface area contributed by atoms with E-state index in [0.29, 0.717) is 10.8 Å². The molecule has 3 rings (SSSR count). The lowest BCUT2D eigenvalue weighted by atomic mass is 10.1. The first-order valence-electron chi connectivity index (χ1n) is 8.68. The van der Waals surface area contributed by atoms with Gasteiger partial charge in [-0.05, 0) is 42.7 Å². The Morgan fingerprint density at radius 2 is 1.81 bits per heavy atom. The zero-order valence-electron chi connectivity index (χ0n) is 16.7. The lowest BCUT2D eigenvalue weighted by Crippen LogP contribution is -2.19. The van der Waals surface area contributed by atoms with Gasteiger partial charge in [-0.2, -0.15) is 0 Å². The predicted molar refractivity (Wildman–Crippen MR) is 113 cm³/mol. The van der Waals surface area contributed by atoms with Crippen molar-refractivity contribution in [2.24, 2.45) is 0 Å². The zero-order chi connectivity index (χ0) is 22.6. The molecule has 0 aliphatic rings. The number of carbonyl (C=O) groups excluding carboxylic acids is 2. The zero-order valence-corrected chi connectivity index (χ0v) is 18.4. The average molecular weight is 463 g/mol. The summed E-state index contributed by atoms with van der Waals surface area (Å²) in [7, 11) is -1.97. The van der Waals surface area contributed by atoms with Crippen LogP contribution < -0.4 is 4.72 Å². The first-order chi connectivity index (χ1) is 14.8.